The minimum atomic E-state index is -4.62. The van der Waals surface area contributed by atoms with Crippen LogP contribution in [0.2, 0.25) is 5.15 Å². The molecule has 0 aliphatic rings. The van der Waals surface area contributed by atoms with Gasteiger partial charge in [-0.2, -0.15) is 13.2 Å². The van der Waals surface area contributed by atoms with Crippen molar-refractivity contribution >= 4 is 17.4 Å². The van der Waals surface area contributed by atoms with Crippen molar-refractivity contribution in [1.29, 1.82) is 0 Å². The molecule has 0 saturated carbocycles. The molecule has 2 heterocycles. The molecule has 0 atom stereocenters. The maximum Gasteiger partial charge on any atom is 0.417 e. The van der Waals surface area contributed by atoms with Crippen molar-refractivity contribution in [2.45, 2.75) is 6.18 Å². The molecular formula is C12H6ClF3N2O. The molecule has 0 N–H and O–H groups in total. The third-order valence-electron chi connectivity index (χ3n) is 2.36. The number of halogens is 4. The fourth-order valence-corrected chi connectivity index (χ4v) is 1.60. The van der Waals surface area contributed by atoms with Crippen LogP contribution in [0.4, 0.5) is 13.2 Å². The summed E-state index contributed by atoms with van der Waals surface area (Å²) in [4.78, 5) is 19.2. The number of rotatable bonds is 2. The quantitative estimate of drug-likeness (QED) is 0.628. The Balaban J connectivity index is 2.48. The van der Waals surface area contributed by atoms with Gasteiger partial charge in [0.1, 0.15) is 5.15 Å². The molecule has 0 radical (unpaired) electrons. The van der Waals surface area contributed by atoms with Crippen LogP contribution >= 0.6 is 11.6 Å². The van der Waals surface area contributed by atoms with E-state index in [1.807, 2.05) is 0 Å². The smallest absolute Gasteiger partial charge is 0.288 e. The second-order valence-electron chi connectivity index (χ2n) is 3.62. The fourth-order valence-electron chi connectivity index (χ4n) is 1.49. The Kier molecular flexibility index (Phi) is 3.53. The van der Waals surface area contributed by atoms with Crippen molar-refractivity contribution in [3.8, 4) is 0 Å². The highest BCUT2D eigenvalue weighted by molar-refractivity contribution is 6.29. The molecule has 2 aromatic rings. The monoisotopic (exact) mass is 286 g/mol. The van der Waals surface area contributed by atoms with Crippen molar-refractivity contribution in [2.24, 2.45) is 0 Å². The summed E-state index contributed by atoms with van der Waals surface area (Å²) in [5.41, 5.74) is -1.52. The van der Waals surface area contributed by atoms with E-state index in [-0.39, 0.29) is 10.7 Å². The third kappa shape index (κ3) is 2.90. The number of nitrogens with zero attached hydrogens (tertiary/aromatic N) is 2. The van der Waals surface area contributed by atoms with Gasteiger partial charge in [-0.3, -0.25) is 9.78 Å². The molecule has 98 valence electrons. The van der Waals surface area contributed by atoms with Crippen LogP contribution in [0.25, 0.3) is 0 Å². The SMILES string of the molecule is O=C(c1ccc(Cl)nc1)c1cnccc1C(F)(F)F. The van der Waals surface area contributed by atoms with E-state index >= 15 is 0 Å². The summed E-state index contributed by atoms with van der Waals surface area (Å²) in [6.07, 6.45) is -1.62. The van der Waals surface area contributed by atoms with Gasteiger partial charge in [0, 0.05) is 24.2 Å². The molecule has 0 bridgehead atoms. The molecule has 0 spiro atoms. The van der Waals surface area contributed by atoms with Gasteiger partial charge >= 0.3 is 6.18 Å². The maximum absolute atomic E-state index is 12.8. The average molecular weight is 287 g/mol. The number of carbonyl (C=O) groups excluding carboxylic acids is 1. The van der Waals surface area contributed by atoms with Gasteiger partial charge in [0.15, 0.2) is 5.78 Å². The van der Waals surface area contributed by atoms with E-state index in [0.717, 1.165) is 24.7 Å². The third-order valence-corrected chi connectivity index (χ3v) is 2.58. The van der Waals surface area contributed by atoms with E-state index < -0.39 is 23.1 Å². The fraction of sp³-hybridized carbons (Fsp3) is 0.0833. The molecular weight excluding hydrogens is 281 g/mol. The van der Waals surface area contributed by atoms with Crippen LogP contribution in [0.1, 0.15) is 21.5 Å². The summed E-state index contributed by atoms with van der Waals surface area (Å²) < 4.78 is 38.3. The predicted octanol–water partition coefficient (Wildman–Crippen LogP) is 3.38. The Labute approximate surface area is 111 Å². The summed E-state index contributed by atoms with van der Waals surface area (Å²) in [5.74, 6) is -0.801. The first-order chi connectivity index (χ1) is 8.89. The highest BCUT2D eigenvalue weighted by atomic mass is 35.5. The number of hydrogen-bond donors (Lipinski definition) is 0. The molecule has 0 aliphatic heterocycles. The van der Waals surface area contributed by atoms with Gasteiger partial charge in [-0.05, 0) is 18.2 Å². The lowest BCUT2D eigenvalue weighted by atomic mass is 10.0. The van der Waals surface area contributed by atoms with E-state index in [0.29, 0.717) is 0 Å². The molecule has 0 saturated heterocycles. The first kappa shape index (κ1) is 13.5. The summed E-state index contributed by atoms with van der Waals surface area (Å²) in [7, 11) is 0. The summed E-state index contributed by atoms with van der Waals surface area (Å²) in [5, 5.41) is 0.152. The lowest BCUT2D eigenvalue weighted by Gasteiger charge is -2.11. The number of alkyl halides is 3. The number of ketones is 1. The number of hydrogen-bond acceptors (Lipinski definition) is 3. The largest absolute Gasteiger partial charge is 0.417 e. The van der Waals surface area contributed by atoms with E-state index in [4.69, 9.17) is 11.6 Å². The van der Waals surface area contributed by atoms with Gasteiger partial charge in [-0.1, -0.05) is 11.6 Å². The zero-order chi connectivity index (χ0) is 14.0. The topological polar surface area (TPSA) is 42.9 Å². The first-order valence-corrected chi connectivity index (χ1v) is 5.45. The average Bonchev–Trinajstić information content (AvgIpc) is 2.38. The van der Waals surface area contributed by atoms with Crippen molar-refractivity contribution in [2.75, 3.05) is 0 Å². The summed E-state index contributed by atoms with van der Waals surface area (Å²) in [6, 6.07) is 3.40. The molecule has 2 rings (SSSR count). The van der Waals surface area contributed by atoms with Crippen molar-refractivity contribution in [3.05, 3.63) is 58.6 Å². The second-order valence-corrected chi connectivity index (χ2v) is 4.00. The van der Waals surface area contributed by atoms with Gasteiger partial charge in [0.2, 0.25) is 0 Å². The normalized spacial score (nSPS) is 11.4. The Bertz CT molecular complexity index is 611. The van der Waals surface area contributed by atoms with Crippen LogP contribution in [0.5, 0.6) is 0 Å². The molecule has 0 unspecified atom stereocenters. The van der Waals surface area contributed by atoms with Crippen LogP contribution in [0.15, 0.2) is 36.8 Å². The Morgan fingerprint density at radius 3 is 2.47 bits per heavy atom. The van der Waals surface area contributed by atoms with Crippen LogP contribution in [0, 0.1) is 0 Å². The van der Waals surface area contributed by atoms with Crippen LogP contribution in [-0.2, 0) is 6.18 Å². The van der Waals surface area contributed by atoms with Gasteiger partial charge in [0.05, 0.1) is 11.1 Å². The van der Waals surface area contributed by atoms with Crippen molar-refractivity contribution < 1.29 is 18.0 Å². The molecule has 7 heteroatoms. The van der Waals surface area contributed by atoms with E-state index in [2.05, 4.69) is 9.97 Å². The van der Waals surface area contributed by atoms with Gasteiger partial charge in [0.25, 0.3) is 0 Å². The van der Waals surface area contributed by atoms with E-state index in [9.17, 15) is 18.0 Å². The number of pyridine rings is 2. The Morgan fingerprint density at radius 1 is 1.16 bits per heavy atom. The molecule has 3 nitrogen and oxygen atoms in total. The van der Waals surface area contributed by atoms with Gasteiger partial charge in [-0.15, -0.1) is 0 Å². The van der Waals surface area contributed by atoms with Crippen LogP contribution in [-0.4, -0.2) is 15.8 Å². The molecule has 0 aromatic carbocycles. The zero-order valence-corrected chi connectivity index (χ0v) is 10.0. The molecule has 19 heavy (non-hydrogen) atoms. The predicted molar refractivity (Wildman–Crippen MR) is 61.9 cm³/mol. The lowest BCUT2D eigenvalue weighted by Crippen LogP contribution is -2.14. The maximum atomic E-state index is 12.8. The zero-order valence-electron chi connectivity index (χ0n) is 9.28. The van der Waals surface area contributed by atoms with Gasteiger partial charge in [-0.25, -0.2) is 4.98 Å². The summed E-state index contributed by atoms with van der Waals surface area (Å²) >= 11 is 5.55. The van der Waals surface area contributed by atoms with E-state index in [1.54, 1.807) is 0 Å². The Morgan fingerprint density at radius 2 is 1.89 bits per heavy atom. The minimum absolute atomic E-state index is 0.0166. The van der Waals surface area contributed by atoms with Crippen LogP contribution in [0.3, 0.4) is 0 Å². The first-order valence-electron chi connectivity index (χ1n) is 5.07. The summed E-state index contributed by atoms with van der Waals surface area (Å²) in [6.45, 7) is 0. The number of carbonyl (C=O) groups is 1. The Hall–Kier alpha value is -1.95. The molecule has 0 aliphatic carbocycles. The molecule has 0 amide bonds. The molecule has 2 aromatic heterocycles. The second kappa shape index (κ2) is 4.97. The van der Waals surface area contributed by atoms with Gasteiger partial charge < -0.3 is 0 Å². The number of aromatic nitrogens is 2. The molecule has 0 fully saturated rings. The van der Waals surface area contributed by atoms with Crippen molar-refractivity contribution in [3.63, 3.8) is 0 Å². The van der Waals surface area contributed by atoms with Crippen LogP contribution < -0.4 is 0 Å². The van der Waals surface area contributed by atoms with E-state index in [1.165, 1.54) is 12.1 Å². The highest BCUT2D eigenvalue weighted by Crippen LogP contribution is 2.32. The van der Waals surface area contributed by atoms with Crippen molar-refractivity contribution in [1.82, 2.24) is 9.97 Å². The minimum Gasteiger partial charge on any atom is -0.288 e. The standard InChI is InChI=1S/C12H6ClF3N2O/c13-10-2-1-7(5-18-10)11(19)8-6-17-4-3-9(8)12(14,15)16/h1-6H. The highest BCUT2D eigenvalue weighted by Gasteiger charge is 2.35. The lowest BCUT2D eigenvalue weighted by molar-refractivity contribution is -0.137.